The summed E-state index contributed by atoms with van der Waals surface area (Å²) in [5.74, 6) is 2.46. The molecule has 1 atom stereocenters. The maximum atomic E-state index is 12.3. The Balaban J connectivity index is 1.32. The summed E-state index contributed by atoms with van der Waals surface area (Å²) >= 11 is 0. The van der Waals surface area contributed by atoms with Gasteiger partial charge in [-0.1, -0.05) is 0 Å². The fraction of sp³-hybridized carbons (Fsp3) is 0.714. The van der Waals surface area contributed by atoms with E-state index >= 15 is 0 Å². The van der Waals surface area contributed by atoms with Crippen LogP contribution in [0.2, 0.25) is 0 Å². The number of fused-ring (bicyclic) bond motifs is 1. The number of carbonyl (C=O) groups is 1. The summed E-state index contributed by atoms with van der Waals surface area (Å²) in [5, 5.41) is 3.38. The van der Waals surface area contributed by atoms with Crippen LogP contribution in [0.25, 0.3) is 0 Å². The van der Waals surface area contributed by atoms with Crippen LogP contribution in [0.1, 0.15) is 39.2 Å². The zero-order valence-corrected chi connectivity index (χ0v) is 17.2. The highest BCUT2D eigenvalue weighted by Gasteiger charge is 2.35. The zero-order chi connectivity index (χ0) is 19.7. The van der Waals surface area contributed by atoms with Gasteiger partial charge in [0.15, 0.2) is 0 Å². The molecule has 0 bridgehead atoms. The molecule has 0 aliphatic carbocycles. The molecule has 3 aliphatic rings. The SMILES string of the molecule is CC(C)(C)OC(=O)N1CCC(C2Cc3cc(N4CCNCC4)ncc3O2)CC1. The van der Waals surface area contributed by atoms with Crippen molar-refractivity contribution in [2.45, 2.75) is 51.7 Å². The molecule has 1 aromatic rings. The molecular formula is C21H32N4O3. The normalized spacial score (nSPS) is 23.3. The van der Waals surface area contributed by atoms with E-state index in [1.807, 2.05) is 31.9 Å². The fourth-order valence-electron chi connectivity index (χ4n) is 4.27. The highest BCUT2D eigenvalue weighted by molar-refractivity contribution is 5.68. The number of piperazine rings is 1. The van der Waals surface area contributed by atoms with Gasteiger partial charge >= 0.3 is 6.09 Å². The number of hydrogen-bond donors (Lipinski definition) is 1. The zero-order valence-electron chi connectivity index (χ0n) is 17.2. The molecule has 0 radical (unpaired) electrons. The van der Waals surface area contributed by atoms with Crippen LogP contribution in [0.4, 0.5) is 10.6 Å². The molecule has 0 spiro atoms. The van der Waals surface area contributed by atoms with E-state index in [1.54, 1.807) is 0 Å². The highest BCUT2D eigenvalue weighted by atomic mass is 16.6. The van der Waals surface area contributed by atoms with Gasteiger partial charge in [0.05, 0.1) is 6.20 Å². The summed E-state index contributed by atoms with van der Waals surface area (Å²) < 4.78 is 11.7. The van der Waals surface area contributed by atoms with Crippen molar-refractivity contribution in [1.82, 2.24) is 15.2 Å². The predicted octanol–water partition coefficient (Wildman–Crippen LogP) is 2.44. The Labute approximate surface area is 167 Å². The van der Waals surface area contributed by atoms with Gasteiger partial charge in [0.25, 0.3) is 0 Å². The van der Waals surface area contributed by atoms with Crippen LogP contribution in [-0.2, 0) is 11.2 Å². The molecule has 4 rings (SSSR count). The first-order chi connectivity index (χ1) is 13.4. The van der Waals surface area contributed by atoms with Gasteiger partial charge in [-0.15, -0.1) is 0 Å². The highest BCUT2D eigenvalue weighted by Crippen LogP contribution is 2.36. The lowest BCUT2D eigenvalue weighted by Crippen LogP contribution is -2.44. The lowest BCUT2D eigenvalue weighted by molar-refractivity contribution is 0.0123. The Kier molecular flexibility index (Phi) is 5.36. The number of anilines is 1. The largest absolute Gasteiger partial charge is 0.488 e. The first-order valence-electron chi connectivity index (χ1n) is 10.5. The van der Waals surface area contributed by atoms with Crippen molar-refractivity contribution in [1.29, 1.82) is 0 Å². The molecule has 154 valence electrons. The van der Waals surface area contributed by atoms with Gasteiger partial charge in [0.2, 0.25) is 0 Å². The molecule has 1 N–H and O–H groups in total. The molecule has 1 amide bonds. The standard InChI is InChI=1S/C21H32N4O3/c1-21(2,3)28-20(26)25-8-4-15(5-9-25)17-12-16-13-19(23-14-18(16)27-17)24-10-6-22-7-11-24/h13-15,17,22H,4-12H2,1-3H3. The predicted molar refractivity (Wildman–Crippen MR) is 108 cm³/mol. The number of likely N-dealkylation sites (tertiary alicyclic amines) is 1. The van der Waals surface area contributed by atoms with Crippen molar-refractivity contribution in [3.8, 4) is 5.75 Å². The third kappa shape index (κ3) is 4.35. The number of hydrogen-bond acceptors (Lipinski definition) is 6. The van der Waals surface area contributed by atoms with Gasteiger partial charge in [0, 0.05) is 51.3 Å². The van der Waals surface area contributed by atoms with E-state index in [4.69, 9.17) is 9.47 Å². The van der Waals surface area contributed by atoms with Crippen molar-refractivity contribution in [2.24, 2.45) is 5.92 Å². The van der Waals surface area contributed by atoms with E-state index in [-0.39, 0.29) is 12.2 Å². The van der Waals surface area contributed by atoms with E-state index in [0.717, 1.165) is 70.1 Å². The number of piperidine rings is 1. The van der Waals surface area contributed by atoms with E-state index < -0.39 is 5.60 Å². The minimum absolute atomic E-state index is 0.191. The third-order valence-electron chi connectivity index (χ3n) is 5.79. The van der Waals surface area contributed by atoms with Crippen LogP contribution in [0.15, 0.2) is 12.3 Å². The monoisotopic (exact) mass is 388 g/mol. The minimum Gasteiger partial charge on any atom is -0.488 e. The number of aromatic nitrogens is 1. The molecule has 0 saturated carbocycles. The maximum Gasteiger partial charge on any atom is 0.410 e. The number of pyridine rings is 1. The summed E-state index contributed by atoms with van der Waals surface area (Å²) in [6, 6.07) is 2.20. The fourth-order valence-corrected chi connectivity index (χ4v) is 4.27. The second kappa shape index (κ2) is 7.78. The Bertz CT molecular complexity index is 704. The van der Waals surface area contributed by atoms with Crippen molar-refractivity contribution in [3.63, 3.8) is 0 Å². The van der Waals surface area contributed by atoms with Crippen LogP contribution >= 0.6 is 0 Å². The summed E-state index contributed by atoms with van der Waals surface area (Å²) in [6.45, 7) is 11.2. The van der Waals surface area contributed by atoms with E-state index in [2.05, 4.69) is 21.3 Å². The molecular weight excluding hydrogens is 356 g/mol. The number of nitrogens with zero attached hydrogens (tertiary/aromatic N) is 3. The van der Waals surface area contributed by atoms with Crippen molar-refractivity contribution in [2.75, 3.05) is 44.2 Å². The Morgan fingerprint density at radius 3 is 2.61 bits per heavy atom. The van der Waals surface area contributed by atoms with Gasteiger partial charge < -0.3 is 24.6 Å². The second-order valence-corrected chi connectivity index (χ2v) is 9.05. The second-order valence-electron chi connectivity index (χ2n) is 9.05. The van der Waals surface area contributed by atoms with Crippen LogP contribution in [0, 0.1) is 5.92 Å². The first-order valence-corrected chi connectivity index (χ1v) is 10.5. The average Bonchev–Trinajstić information content (AvgIpc) is 3.11. The molecule has 7 nitrogen and oxygen atoms in total. The Morgan fingerprint density at radius 2 is 1.93 bits per heavy atom. The summed E-state index contributed by atoms with van der Waals surface area (Å²) in [5.41, 5.74) is 0.822. The van der Waals surface area contributed by atoms with Gasteiger partial charge in [-0.3, -0.25) is 0 Å². The van der Waals surface area contributed by atoms with E-state index in [1.165, 1.54) is 5.56 Å². The van der Waals surface area contributed by atoms with Crippen LogP contribution in [0.3, 0.4) is 0 Å². The van der Waals surface area contributed by atoms with Crippen LogP contribution < -0.4 is 15.0 Å². The van der Waals surface area contributed by atoms with Crippen molar-refractivity contribution < 1.29 is 14.3 Å². The summed E-state index contributed by atoms with van der Waals surface area (Å²) in [6.07, 6.45) is 4.73. The molecule has 2 fully saturated rings. The molecule has 2 saturated heterocycles. The number of carbonyl (C=O) groups excluding carboxylic acids is 1. The molecule has 1 unspecified atom stereocenters. The molecule has 0 aromatic carbocycles. The lowest BCUT2D eigenvalue weighted by Gasteiger charge is -2.35. The van der Waals surface area contributed by atoms with Crippen LogP contribution in [-0.4, -0.2) is 67.0 Å². The van der Waals surface area contributed by atoms with Gasteiger partial charge in [-0.25, -0.2) is 9.78 Å². The molecule has 28 heavy (non-hydrogen) atoms. The van der Waals surface area contributed by atoms with E-state index in [9.17, 15) is 4.79 Å². The number of amides is 1. The number of rotatable bonds is 2. The lowest BCUT2D eigenvalue weighted by atomic mass is 9.89. The van der Waals surface area contributed by atoms with Crippen LogP contribution in [0.5, 0.6) is 5.75 Å². The Hall–Kier alpha value is -2.02. The smallest absolute Gasteiger partial charge is 0.410 e. The van der Waals surface area contributed by atoms with Crippen molar-refractivity contribution >= 4 is 11.9 Å². The quantitative estimate of drug-likeness (QED) is 0.839. The number of ether oxygens (including phenoxy) is 2. The summed E-state index contributed by atoms with van der Waals surface area (Å²) in [4.78, 5) is 21.1. The third-order valence-corrected chi connectivity index (χ3v) is 5.79. The van der Waals surface area contributed by atoms with E-state index in [0.29, 0.717) is 5.92 Å². The summed E-state index contributed by atoms with van der Waals surface area (Å²) in [7, 11) is 0. The first kappa shape index (κ1) is 19.3. The molecule has 3 aliphatic heterocycles. The minimum atomic E-state index is -0.445. The number of nitrogens with one attached hydrogen (secondary N) is 1. The Morgan fingerprint density at radius 1 is 1.21 bits per heavy atom. The molecule has 1 aromatic heterocycles. The topological polar surface area (TPSA) is 66.9 Å². The van der Waals surface area contributed by atoms with Gasteiger partial charge in [0.1, 0.15) is 23.3 Å². The van der Waals surface area contributed by atoms with Crippen molar-refractivity contribution in [3.05, 3.63) is 17.8 Å². The maximum absolute atomic E-state index is 12.3. The average molecular weight is 389 g/mol. The van der Waals surface area contributed by atoms with Gasteiger partial charge in [-0.05, 0) is 45.6 Å². The molecule has 7 heteroatoms. The molecule has 4 heterocycles. The van der Waals surface area contributed by atoms with Gasteiger partial charge in [-0.2, -0.15) is 0 Å².